The maximum atomic E-state index is 12.2. The quantitative estimate of drug-likeness (QED) is 0.355. The van der Waals surface area contributed by atoms with E-state index in [4.69, 9.17) is 20.7 Å². The Labute approximate surface area is 182 Å². The van der Waals surface area contributed by atoms with Crippen LogP contribution >= 0.6 is 0 Å². The number of aliphatic carboxylic acids is 2. The molecule has 2 aromatic rings. The molecule has 7 nitrogen and oxygen atoms in total. The third-order valence-electron chi connectivity index (χ3n) is 3.80. The Morgan fingerprint density at radius 1 is 0.906 bits per heavy atom. The van der Waals surface area contributed by atoms with Crippen molar-refractivity contribution in [3.63, 3.8) is 0 Å². The largest absolute Gasteiger partial charge is 0.573 e. The molecular weight excluding hydrogens is 431 g/mol. The van der Waals surface area contributed by atoms with Gasteiger partial charge < -0.3 is 25.4 Å². The van der Waals surface area contributed by atoms with Gasteiger partial charge in [-0.1, -0.05) is 30.3 Å². The predicted molar refractivity (Wildman–Crippen MR) is 110 cm³/mol. The van der Waals surface area contributed by atoms with Crippen LogP contribution in [0, 0.1) is 0 Å². The van der Waals surface area contributed by atoms with Crippen molar-refractivity contribution >= 4 is 11.9 Å². The number of unbranched alkanes of at least 4 members (excludes halogenated alkanes) is 1. The van der Waals surface area contributed by atoms with Gasteiger partial charge in [0.1, 0.15) is 17.6 Å². The molecule has 2 aromatic carbocycles. The molecule has 0 saturated carbocycles. The second-order valence-electron chi connectivity index (χ2n) is 6.33. The van der Waals surface area contributed by atoms with Gasteiger partial charge in [0.25, 0.3) is 0 Å². The zero-order chi connectivity index (χ0) is 24.0. The molecule has 0 fully saturated rings. The highest BCUT2D eigenvalue weighted by Crippen LogP contribution is 2.29. The van der Waals surface area contributed by atoms with Gasteiger partial charge in [0, 0.05) is 12.2 Å². The van der Waals surface area contributed by atoms with Crippen molar-refractivity contribution in [2.45, 2.75) is 31.7 Å². The molecule has 0 radical (unpaired) electrons. The molecule has 4 N–H and O–H groups in total. The molecule has 0 amide bonds. The van der Waals surface area contributed by atoms with E-state index in [1.54, 1.807) is 0 Å². The lowest BCUT2D eigenvalue weighted by Gasteiger charge is -2.20. The van der Waals surface area contributed by atoms with Gasteiger partial charge >= 0.3 is 18.3 Å². The normalized spacial score (nSPS) is 11.9. The van der Waals surface area contributed by atoms with Crippen LogP contribution in [0.3, 0.4) is 0 Å². The summed E-state index contributed by atoms with van der Waals surface area (Å²) in [4.78, 5) is 19.1. The number of alkyl halides is 3. The monoisotopic (exact) mass is 455 g/mol. The second kappa shape index (κ2) is 13.7. The van der Waals surface area contributed by atoms with E-state index in [0.29, 0.717) is 24.4 Å². The summed E-state index contributed by atoms with van der Waals surface area (Å²) >= 11 is 0. The first-order chi connectivity index (χ1) is 15.1. The highest BCUT2D eigenvalue weighted by molar-refractivity contribution is 5.89. The minimum atomic E-state index is -4.70. The molecule has 0 saturated heterocycles. The number of carbonyl (C=O) groups is 2. The van der Waals surface area contributed by atoms with E-state index < -0.39 is 18.3 Å². The lowest BCUT2D eigenvalue weighted by Crippen LogP contribution is -2.17. The molecule has 0 aromatic heterocycles. The zero-order valence-corrected chi connectivity index (χ0v) is 17.0. The lowest BCUT2D eigenvalue weighted by atomic mass is 10.0. The number of carboxylic acid groups (broad SMARTS) is 2. The van der Waals surface area contributed by atoms with E-state index in [2.05, 4.69) is 4.74 Å². The number of hydrogen-bond donors (Lipinski definition) is 3. The van der Waals surface area contributed by atoms with Gasteiger partial charge in [0.15, 0.2) is 0 Å². The molecule has 0 aliphatic carbocycles. The fraction of sp³-hybridized carbons (Fsp3) is 0.273. The highest BCUT2D eigenvalue weighted by Gasteiger charge is 2.31. The first kappa shape index (κ1) is 26.5. The molecular formula is C22H24F3NO6. The summed E-state index contributed by atoms with van der Waals surface area (Å²) in [6.45, 7) is 0.616. The Morgan fingerprint density at radius 2 is 1.44 bits per heavy atom. The van der Waals surface area contributed by atoms with Crippen LogP contribution in [-0.4, -0.2) is 35.1 Å². The Morgan fingerprint density at radius 3 is 1.91 bits per heavy atom. The van der Waals surface area contributed by atoms with Crippen LogP contribution in [0.25, 0.3) is 0 Å². The van der Waals surface area contributed by atoms with Crippen LogP contribution < -0.4 is 15.2 Å². The Hall–Kier alpha value is -3.53. The van der Waals surface area contributed by atoms with Crippen LogP contribution in [0.4, 0.5) is 13.2 Å². The standard InChI is InChI=1S/C18H20F3NO2.C4H4O4/c19-18(20,21)24-16-11-9-15(10-12-16)23-17(8-4-5-13-22)14-6-2-1-3-7-14;5-3(6)1-2-4(7)8/h1-3,6-7,9-12,17H,4-5,8,13,22H2;1-2H,(H,5,6)(H,7,8)/t17-;/m0./s1. The summed E-state index contributed by atoms with van der Waals surface area (Å²) < 4.78 is 46.4. The summed E-state index contributed by atoms with van der Waals surface area (Å²) in [7, 11) is 0. The average molecular weight is 455 g/mol. The van der Waals surface area contributed by atoms with E-state index in [-0.39, 0.29) is 11.9 Å². The van der Waals surface area contributed by atoms with Gasteiger partial charge in [-0.25, -0.2) is 9.59 Å². The number of benzene rings is 2. The Kier molecular flexibility index (Phi) is 11.4. The first-order valence-electron chi connectivity index (χ1n) is 9.52. The number of nitrogens with two attached hydrogens (primary N) is 1. The van der Waals surface area contributed by atoms with Crippen LogP contribution in [0.15, 0.2) is 66.7 Å². The second-order valence-corrected chi connectivity index (χ2v) is 6.33. The van der Waals surface area contributed by atoms with Crippen molar-refractivity contribution in [3.8, 4) is 11.5 Å². The van der Waals surface area contributed by atoms with E-state index in [1.807, 2.05) is 30.3 Å². The van der Waals surface area contributed by atoms with Gasteiger partial charge in [0.05, 0.1) is 0 Å². The zero-order valence-electron chi connectivity index (χ0n) is 17.0. The van der Waals surface area contributed by atoms with Crippen molar-refractivity contribution in [2.24, 2.45) is 5.73 Å². The molecule has 0 aliphatic rings. The predicted octanol–water partition coefficient (Wildman–Crippen LogP) is 4.55. The molecule has 0 bridgehead atoms. The number of hydrogen-bond acceptors (Lipinski definition) is 5. The summed E-state index contributed by atoms with van der Waals surface area (Å²) in [6.07, 6.45) is -1.17. The minimum Gasteiger partial charge on any atom is -0.486 e. The van der Waals surface area contributed by atoms with Crippen molar-refractivity contribution in [1.29, 1.82) is 0 Å². The summed E-state index contributed by atoms with van der Waals surface area (Å²) in [6, 6.07) is 15.1. The average Bonchev–Trinajstić information content (AvgIpc) is 2.73. The van der Waals surface area contributed by atoms with Crippen LogP contribution in [0.1, 0.15) is 30.9 Å². The number of ether oxygens (including phenoxy) is 2. The molecule has 2 rings (SSSR count). The number of rotatable bonds is 10. The first-order valence-corrected chi connectivity index (χ1v) is 9.52. The Bertz CT molecular complexity index is 838. The lowest BCUT2D eigenvalue weighted by molar-refractivity contribution is -0.274. The molecule has 0 heterocycles. The van der Waals surface area contributed by atoms with E-state index in [1.165, 1.54) is 24.3 Å². The highest BCUT2D eigenvalue weighted by atomic mass is 19.4. The molecule has 0 aliphatic heterocycles. The maximum Gasteiger partial charge on any atom is 0.573 e. The smallest absolute Gasteiger partial charge is 0.486 e. The summed E-state index contributed by atoms with van der Waals surface area (Å²) in [5, 5.41) is 15.6. The van der Waals surface area contributed by atoms with Gasteiger partial charge in [-0.05, 0) is 55.6 Å². The topological polar surface area (TPSA) is 119 Å². The molecule has 1 atom stereocenters. The summed E-state index contributed by atoms with van der Waals surface area (Å²) in [5.74, 6) is -2.29. The molecule has 10 heteroatoms. The molecule has 174 valence electrons. The fourth-order valence-electron chi connectivity index (χ4n) is 2.46. The van der Waals surface area contributed by atoms with Gasteiger partial charge in [0.2, 0.25) is 0 Å². The van der Waals surface area contributed by atoms with E-state index >= 15 is 0 Å². The van der Waals surface area contributed by atoms with Crippen molar-refractivity contribution in [1.82, 2.24) is 0 Å². The Balaban J connectivity index is 0.000000547. The van der Waals surface area contributed by atoms with Crippen LogP contribution in [0.2, 0.25) is 0 Å². The summed E-state index contributed by atoms with van der Waals surface area (Å²) in [5.41, 5.74) is 6.55. The minimum absolute atomic E-state index is 0.174. The van der Waals surface area contributed by atoms with Crippen LogP contribution in [0.5, 0.6) is 11.5 Å². The maximum absolute atomic E-state index is 12.2. The third-order valence-corrected chi connectivity index (χ3v) is 3.80. The SMILES string of the molecule is NCCCC[C@H](Oc1ccc(OC(F)(F)F)cc1)c1ccccc1.O=C(O)C=CC(=O)O. The van der Waals surface area contributed by atoms with Gasteiger partial charge in [-0.2, -0.15) is 0 Å². The molecule has 0 unspecified atom stereocenters. The van der Waals surface area contributed by atoms with Gasteiger partial charge in [-0.15, -0.1) is 13.2 Å². The molecule has 32 heavy (non-hydrogen) atoms. The van der Waals surface area contributed by atoms with Crippen molar-refractivity contribution in [3.05, 3.63) is 72.3 Å². The fourth-order valence-corrected chi connectivity index (χ4v) is 2.46. The molecule has 0 spiro atoms. The van der Waals surface area contributed by atoms with Crippen molar-refractivity contribution < 1.29 is 42.4 Å². The van der Waals surface area contributed by atoms with Crippen LogP contribution in [-0.2, 0) is 9.59 Å². The van der Waals surface area contributed by atoms with Gasteiger partial charge in [-0.3, -0.25) is 0 Å². The number of halogens is 3. The van der Waals surface area contributed by atoms with E-state index in [9.17, 15) is 22.8 Å². The van der Waals surface area contributed by atoms with E-state index in [0.717, 1.165) is 24.8 Å². The van der Waals surface area contributed by atoms with Crippen molar-refractivity contribution in [2.75, 3.05) is 6.54 Å². The number of carboxylic acids is 2. The third kappa shape index (κ3) is 12.2.